The van der Waals surface area contributed by atoms with Crippen LogP contribution in [0.25, 0.3) is 0 Å². The quantitative estimate of drug-likeness (QED) is 0.233. The van der Waals surface area contributed by atoms with Gasteiger partial charge in [0, 0.05) is 11.3 Å². The van der Waals surface area contributed by atoms with E-state index >= 15 is 0 Å². The second-order valence-corrected chi connectivity index (χ2v) is 14.4. The number of carbonyl (C=O) groups excluding carboxylic acids is 1. The van der Waals surface area contributed by atoms with Crippen LogP contribution in [0.15, 0.2) is 114 Å². The van der Waals surface area contributed by atoms with Crippen LogP contribution in [-0.2, 0) is 22.0 Å². The summed E-state index contributed by atoms with van der Waals surface area (Å²) in [5.74, 6) is 2.52. The van der Waals surface area contributed by atoms with Gasteiger partial charge in [0.1, 0.15) is 0 Å². The lowest BCUT2D eigenvalue weighted by Gasteiger charge is -2.57. The maximum absolute atomic E-state index is 13.6. The van der Waals surface area contributed by atoms with Crippen molar-refractivity contribution in [2.75, 3.05) is 9.62 Å². The van der Waals surface area contributed by atoms with Crippen molar-refractivity contribution >= 4 is 27.3 Å². The van der Waals surface area contributed by atoms with Gasteiger partial charge in [-0.15, -0.1) is 0 Å². The normalized spacial score (nSPS) is 24.3. The Kier molecular flexibility index (Phi) is 6.89. The monoisotopic (exact) mass is 576 g/mol. The summed E-state index contributed by atoms with van der Waals surface area (Å²) in [6.45, 7) is 0.148. The average molecular weight is 577 g/mol. The SMILES string of the molecule is O=C(Nc1ccc(C23CC4CC(CC(C4)C2)C3)cc1)c1ccc(CN(c2ccccc2)S(=O)(=O)c2ccccc2)cc1. The lowest BCUT2D eigenvalue weighted by molar-refractivity contribution is -0.00518. The number of sulfonamides is 1. The smallest absolute Gasteiger partial charge is 0.264 e. The number of nitrogens with one attached hydrogen (secondary N) is 1. The Balaban J connectivity index is 1.05. The summed E-state index contributed by atoms with van der Waals surface area (Å²) in [4.78, 5) is 13.3. The molecule has 4 aliphatic carbocycles. The summed E-state index contributed by atoms with van der Waals surface area (Å²) < 4.78 is 28.6. The van der Waals surface area contributed by atoms with Gasteiger partial charge in [0.05, 0.1) is 17.1 Å². The topological polar surface area (TPSA) is 66.5 Å². The van der Waals surface area contributed by atoms with Crippen molar-refractivity contribution in [1.29, 1.82) is 0 Å². The molecular formula is C36H36N2O3S. The van der Waals surface area contributed by atoms with Crippen molar-refractivity contribution in [3.8, 4) is 0 Å². The van der Waals surface area contributed by atoms with Crippen LogP contribution < -0.4 is 9.62 Å². The van der Waals surface area contributed by atoms with E-state index in [0.29, 0.717) is 16.7 Å². The van der Waals surface area contributed by atoms with Crippen LogP contribution in [0.1, 0.15) is 60.0 Å². The van der Waals surface area contributed by atoms with Crippen molar-refractivity contribution in [3.63, 3.8) is 0 Å². The predicted molar refractivity (Wildman–Crippen MR) is 167 cm³/mol. The van der Waals surface area contributed by atoms with Gasteiger partial charge >= 0.3 is 0 Å². The standard InChI is InChI=1S/C36H36N2O3S/c39-35(37-32-17-15-31(16-18-32)36-22-27-19-28(23-36)21-29(20-27)24-36)30-13-11-26(12-14-30)25-38(33-7-3-1-4-8-33)42(40,41)34-9-5-2-6-10-34/h1-18,27-29H,19-25H2,(H,37,39). The Hall–Kier alpha value is -3.90. The van der Waals surface area contributed by atoms with Gasteiger partial charge in [0.25, 0.3) is 15.9 Å². The highest BCUT2D eigenvalue weighted by Gasteiger charge is 2.51. The zero-order valence-corrected chi connectivity index (χ0v) is 24.5. The van der Waals surface area contributed by atoms with E-state index in [-0.39, 0.29) is 17.3 Å². The van der Waals surface area contributed by atoms with Crippen LogP contribution in [0, 0.1) is 17.8 Å². The van der Waals surface area contributed by atoms with E-state index in [1.54, 1.807) is 54.6 Å². The van der Waals surface area contributed by atoms with Crippen molar-refractivity contribution in [3.05, 3.63) is 126 Å². The number of anilines is 2. The molecule has 0 atom stereocenters. The van der Waals surface area contributed by atoms with E-state index in [4.69, 9.17) is 0 Å². The van der Waals surface area contributed by atoms with Crippen molar-refractivity contribution in [2.45, 2.75) is 55.4 Å². The highest BCUT2D eigenvalue weighted by molar-refractivity contribution is 7.92. The minimum atomic E-state index is -3.78. The number of benzene rings is 4. The molecule has 5 nitrogen and oxygen atoms in total. The van der Waals surface area contributed by atoms with Crippen LogP contribution in [0.4, 0.5) is 11.4 Å². The van der Waals surface area contributed by atoms with E-state index in [9.17, 15) is 13.2 Å². The van der Waals surface area contributed by atoms with Crippen LogP contribution in [0.5, 0.6) is 0 Å². The van der Waals surface area contributed by atoms with E-state index < -0.39 is 10.0 Å². The molecular weight excluding hydrogens is 540 g/mol. The van der Waals surface area contributed by atoms with Gasteiger partial charge in [-0.05, 0) is 121 Å². The number of rotatable bonds is 8. The molecule has 4 saturated carbocycles. The fourth-order valence-electron chi connectivity index (χ4n) is 8.13. The van der Waals surface area contributed by atoms with Gasteiger partial charge in [-0.25, -0.2) is 8.42 Å². The zero-order valence-electron chi connectivity index (χ0n) is 23.7. The van der Waals surface area contributed by atoms with Crippen molar-refractivity contribution < 1.29 is 13.2 Å². The minimum absolute atomic E-state index is 0.148. The highest BCUT2D eigenvalue weighted by Crippen LogP contribution is 2.60. The van der Waals surface area contributed by atoms with E-state index in [1.807, 2.05) is 42.5 Å². The first-order valence-corrected chi connectivity index (χ1v) is 16.5. The number of carbonyl (C=O) groups is 1. The fraction of sp³-hybridized carbons (Fsp3) is 0.306. The van der Waals surface area contributed by atoms with Crippen LogP contribution in [0.2, 0.25) is 0 Å². The summed E-state index contributed by atoms with van der Waals surface area (Å²) in [6.07, 6.45) is 8.26. The first-order valence-electron chi connectivity index (χ1n) is 15.0. The van der Waals surface area contributed by atoms with E-state index in [2.05, 4.69) is 17.4 Å². The first kappa shape index (κ1) is 27.0. The van der Waals surface area contributed by atoms with Crippen molar-refractivity contribution in [2.24, 2.45) is 17.8 Å². The molecule has 4 aromatic rings. The Labute approximate surface area is 248 Å². The Morgan fingerprint density at radius 3 is 1.83 bits per heavy atom. The number of amides is 1. The number of nitrogens with zero attached hydrogens (tertiary/aromatic N) is 1. The largest absolute Gasteiger partial charge is 0.322 e. The summed E-state index contributed by atoms with van der Waals surface area (Å²) in [5.41, 5.74) is 4.48. The molecule has 1 amide bonds. The molecule has 6 heteroatoms. The number of para-hydroxylation sites is 1. The molecule has 4 aromatic carbocycles. The van der Waals surface area contributed by atoms with E-state index in [1.165, 1.54) is 48.4 Å². The van der Waals surface area contributed by atoms with Crippen LogP contribution in [-0.4, -0.2) is 14.3 Å². The minimum Gasteiger partial charge on any atom is -0.322 e. The van der Waals surface area contributed by atoms with Gasteiger partial charge in [0.15, 0.2) is 0 Å². The van der Waals surface area contributed by atoms with Gasteiger partial charge in [-0.3, -0.25) is 9.10 Å². The molecule has 8 rings (SSSR count). The third-order valence-corrected chi connectivity index (χ3v) is 11.5. The number of hydrogen-bond donors (Lipinski definition) is 1. The molecule has 214 valence electrons. The molecule has 0 spiro atoms. The number of hydrogen-bond acceptors (Lipinski definition) is 3. The van der Waals surface area contributed by atoms with Gasteiger partial charge in [-0.2, -0.15) is 0 Å². The molecule has 0 aliphatic heterocycles. The molecule has 4 bridgehead atoms. The molecule has 4 fully saturated rings. The molecule has 0 aromatic heterocycles. The third kappa shape index (κ3) is 5.13. The zero-order chi connectivity index (χ0) is 28.7. The van der Waals surface area contributed by atoms with Crippen LogP contribution >= 0.6 is 0 Å². The van der Waals surface area contributed by atoms with Gasteiger partial charge < -0.3 is 5.32 Å². The lowest BCUT2D eigenvalue weighted by Crippen LogP contribution is -2.48. The van der Waals surface area contributed by atoms with Crippen LogP contribution in [0.3, 0.4) is 0 Å². The summed E-state index contributed by atoms with van der Waals surface area (Å²) in [5, 5.41) is 3.05. The molecule has 0 unspecified atom stereocenters. The summed E-state index contributed by atoms with van der Waals surface area (Å²) >= 11 is 0. The molecule has 1 N–H and O–H groups in total. The lowest BCUT2D eigenvalue weighted by atomic mass is 9.48. The molecule has 0 radical (unpaired) electrons. The Morgan fingerprint density at radius 2 is 1.26 bits per heavy atom. The Morgan fingerprint density at radius 1 is 0.714 bits per heavy atom. The molecule has 0 saturated heterocycles. The second-order valence-electron chi connectivity index (χ2n) is 12.6. The highest BCUT2D eigenvalue weighted by atomic mass is 32.2. The summed E-state index contributed by atoms with van der Waals surface area (Å²) in [7, 11) is -3.78. The van der Waals surface area contributed by atoms with Crippen molar-refractivity contribution in [1.82, 2.24) is 0 Å². The molecule has 4 aliphatic rings. The molecule has 0 heterocycles. The first-order chi connectivity index (χ1) is 20.4. The van der Waals surface area contributed by atoms with Gasteiger partial charge in [-0.1, -0.05) is 60.7 Å². The molecule has 42 heavy (non-hydrogen) atoms. The average Bonchev–Trinajstić information content (AvgIpc) is 3.00. The fourth-order valence-corrected chi connectivity index (χ4v) is 9.60. The second kappa shape index (κ2) is 10.7. The Bertz CT molecular complexity index is 1630. The predicted octanol–water partition coefficient (Wildman–Crippen LogP) is 7.80. The maximum Gasteiger partial charge on any atom is 0.264 e. The third-order valence-electron chi connectivity index (χ3n) is 9.71. The van der Waals surface area contributed by atoms with E-state index in [0.717, 1.165) is 29.0 Å². The van der Waals surface area contributed by atoms with Gasteiger partial charge in [0.2, 0.25) is 0 Å². The summed E-state index contributed by atoms with van der Waals surface area (Å²) in [6, 6.07) is 33.3. The maximum atomic E-state index is 13.6.